The minimum Gasteiger partial charge on any atom is -0.508 e. The van der Waals surface area contributed by atoms with Crippen LogP contribution in [0.3, 0.4) is 0 Å². The van der Waals surface area contributed by atoms with Crippen molar-refractivity contribution in [2.75, 3.05) is 6.54 Å². The summed E-state index contributed by atoms with van der Waals surface area (Å²) < 4.78 is 29.6. The number of para-hydroxylation sites is 1. The number of carbonyl (C=O) groups excluding carboxylic acids is 1. The maximum atomic E-state index is 13.7. The summed E-state index contributed by atoms with van der Waals surface area (Å²) in [6, 6.07) is 20.4. The van der Waals surface area contributed by atoms with Gasteiger partial charge in [0, 0.05) is 23.7 Å². The molecular formula is C26H24N2O4S. The number of fused-ring (bicyclic) bond motifs is 1. The molecule has 1 saturated heterocycles. The standard InChI is InChI=1S/C26H24N2O4S/c1-18-11-13-21(14-12-18)33(31,32)28-15-5-10-25(28)26(30)27-17-23(19-6-4-7-20(29)16-19)22-8-2-3-9-24(22)27/h2-4,6-9,11-14,16-17,25,29H,5,10,15H2,1H3/t25-/m1/s1. The Morgan fingerprint density at radius 3 is 2.52 bits per heavy atom. The van der Waals surface area contributed by atoms with Crippen LogP contribution in [0.25, 0.3) is 22.0 Å². The second-order valence-corrected chi connectivity index (χ2v) is 10.3. The van der Waals surface area contributed by atoms with Gasteiger partial charge in [0.1, 0.15) is 11.8 Å². The van der Waals surface area contributed by atoms with Crippen molar-refractivity contribution in [3.05, 3.63) is 84.6 Å². The molecule has 0 unspecified atom stereocenters. The Kier molecular flexibility index (Phi) is 5.31. The number of sulfonamides is 1. The number of nitrogens with zero attached hydrogens (tertiary/aromatic N) is 2. The van der Waals surface area contributed by atoms with Crippen LogP contribution in [0.1, 0.15) is 23.2 Å². The normalized spacial score (nSPS) is 16.9. The summed E-state index contributed by atoms with van der Waals surface area (Å²) in [5, 5.41) is 10.8. The van der Waals surface area contributed by atoms with Gasteiger partial charge in [0.25, 0.3) is 0 Å². The van der Waals surface area contributed by atoms with Crippen LogP contribution in [0.4, 0.5) is 0 Å². The lowest BCUT2D eigenvalue weighted by atomic mass is 10.0. The fraction of sp³-hybridized carbons (Fsp3) is 0.192. The van der Waals surface area contributed by atoms with Gasteiger partial charge in [-0.15, -0.1) is 0 Å². The van der Waals surface area contributed by atoms with Gasteiger partial charge in [-0.25, -0.2) is 8.42 Å². The molecule has 3 aromatic carbocycles. The van der Waals surface area contributed by atoms with Crippen LogP contribution in [-0.4, -0.2) is 40.9 Å². The molecule has 1 atom stereocenters. The minimum absolute atomic E-state index is 0.141. The number of hydrogen-bond acceptors (Lipinski definition) is 4. The molecular weight excluding hydrogens is 436 g/mol. The predicted molar refractivity (Wildman–Crippen MR) is 128 cm³/mol. The Hall–Kier alpha value is -3.42. The molecule has 1 aliphatic rings. The Morgan fingerprint density at radius 2 is 1.76 bits per heavy atom. The highest BCUT2D eigenvalue weighted by atomic mass is 32.2. The largest absolute Gasteiger partial charge is 0.508 e. The van der Waals surface area contributed by atoms with E-state index < -0.39 is 16.1 Å². The molecule has 7 heteroatoms. The third-order valence-corrected chi connectivity index (χ3v) is 8.15. The highest BCUT2D eigenvalue weighted by Gasteiger charge is 2.40. The molecule has 1 aliphatic heterocycles. The number of aromatic nitrogens is 1. The third kappa shape index (κ3) is 3.73. The third-order valence-electron chi connectivity index (χ3n) is 6.22. The van der Waals surface area contributed by atoms with Crippen molar-refractivity contribution in [2.24, 2.45) is 0 Å². The van der Waals surface area contributed by atoms with Crippen molar-refractivity contribution in [2.45, 2.75) is 30.7 Å². The van der Waals surface area contributed by atoms with E-state index in [-0.39, 0.29) is 16.6 Å². The summed E-state index contributed by atoms with van der Waals surface area (Å²) in [6.45, 7) is 2.21. The van der Waals surface area contributed by atoms with E-state index in [1.165, 1.54) is 4.31 Å². The smallest absolute Gasteiger partial charge is 0.249 e. The molecule has 0 radical (unpaired) electrons. The van der Waals surface area contributed by atoms with Crippen LogP contribution in [0.15, 0.2) is 83.9 Å². The van der Waals surface area contributed by atoms with Crippen molar-refractivity contribution in [1.29, 1.82) is 0 Å². The average Bonchev–Trinajstić information content (AvgIpc) is 3.45. The Balaban J connectivity index is 1.57. The van der Waals surface area contributed by atoms with E-state index in [1.54, 1.807) is 53.2 Å². The van der Waals surface area contributed by atoms with E-state index in [4.69, 9.17) is 0 Å². The number of aryl methyl sites for hydroxylation is 1. The summed E-state index contributed by atoms with van der Waals surface area (Å²) in [6.07, 6.45) is 2.84. The average molecular weight is 461 g/mol. The van der Waals surface area contributed by atoms with E-state index in [2.05, 4.69) is 0 Å². The molecule has 168 valence electrons. The van der Waals surface area contributed by atoms with Crippen LogP contribution < -0.4 is 0 Å². The molecule has 33 heavy (non-hydrogen) atoms. The fourth-order valence-corrected chi connectivity index (χ4v) is 6.20. The van der Waals surface area contributed by atoms with Gasteiger partial charge < -0.3 is 5.11 Å². The Bertz CT molecular complexity index is 1460. The number of phenolic OH excluding ortho intramolecular Hbond substituents is 1. The lowest BCUT2D eigenvalue weighted by Gasteiger charge is -2.23. The molecule has 0 bridgehead atoms. The van der Waals surface area contributed by atoms with Gasteiger partial charge in [-0.1, -0.05) is 48.0 Å². The van der Waals surface area contributed by atoms with Gasteiger partial charge in [0.2, 0.25) is 15.9 Å². The number of benzene rings is 3. The SMILES string of the molecule is Cc1ccc(S(=O)(=O)N2CCC[C@@H]2C(=O)n2cc(-c3cccc(O)c3)c3ccccc32)cc1. The van der Waals surface area contributed by atoms with E-state index in [0.29, 0.717) is 24.9 Å². The maximum Gasteiger partial charge on any atom is 0.249 e. The minimum atomic E-state index is -3.80. The number of rotatable bonds is 4. The molecule has 1 fully saturated rings. The monoisotopic (exact) mass is 460 g/mol. The number of aromatic hydroxyl groups is 1. The van der Waals surface area contributed by atoms with Crippen molar-refractivity contribution in [3.8, 4) is 16.9 Å². The Morgan fingerprint density at radius 1 is 1.00 bits per heavy atom. The van der Waals surface area contributed by atoms with Crippen LogP contribution in [-0.2, 0) is 10.0 Å². The molecule has 1 N–H and O–H groups in total. The van der Waals surface area contributed by atoms with Crippen LogP contribution in [0.2, 0.25) is 0 Å². The van der Waals surface area contributed by atoms with E-state index in [9.17, 15) is 18.3 Å². The summed E-state index contributed by atoms with van der Waals surface area (Å²) in [5.41, 5.74) is 3.27. The first-order chi connectivity index (χ1) is 15.9. The zero-order valence-electron chi connectivity index (χ0n) is 18.2. The molecule has 1 aromatic heterocycles. The van der Waals surface area contributed by atoms with Crippen molar-refractivity contribution in [3.63, 3.8) is 0 Å². The highest BCUT2D eigenvalue weighted by Crippen LogP contribution is 2.34. The van der Waals surface area contributed by atoms with Crippen LogP contribution in [0.5, 0.6) is 5.75 Å². The molecule has 4 aromatic rings. The van der Waals surface area contributed by atoms with Gasteiger partial charge in [0.15, 0.2) is 0 Å². The fourth-order valence-electron chi connectivity index (χ4n) is 4.55. The highest BCUT2D eigenvalue weighted by molar-refractivity contribution is 7.89. The zero-order chi connectivity index (χ0) is 23.2. The first-order valence-corrected chi connectivity index (χ1v) is 12.3. The number of hydrogen-bond donors (Lipinski definition) is 1. The molecule has 0 aliphatic carbocycles. The van der Waals surface area contributed by atoms with Crippen molar-refractivity contribution in [1.82, 2.24) is 8.87 Å². The van der Waals surface area contributed by atoms with Gasteiger partial charge in [-0.2, -0.15) is 4.31 Å². The van der Waals surface area contributed by atoms with Crippen LogP contribution >= 0.6 is 0 Å². The summed E-state index contributed by atoms with van der Waals surface area (Å²) in [4.78, 5) is 13.9. The predicted octanol–water partition coefficient (Wildman–Crippen LogP) is 4.82. The first kappa shape index (κ1) is 21.4. The van der Waals surface area contributed by atoms with Crippen molar-refractivity contribution >= 4 is 26.8 Å². The quantitative estimate of drug-likeness (QED) is 0.474. The summed E-state index contributed by atoms with van der Waals surface area (Å²) >= 11 is 0. The molecule has 0 amide bonds. The second-order valence-electron chi connectivity index (χ2n) is 8.41. The van der Waals surface area contributed by atoms with Gasteiger partial charge in [0.05, 0.1) is 10.4 Å². The maximum absolute atomic E-state index is 13.7. The van der Waals surface area contributed by atoms with Crippen molar-refractivity contribution < 1.29 is 18.3 Å². The molecule has 2 heterocycles. The summed E-state index contributed by atoms with van der Waals surface area (Å²) in [7, 11) is -3.80. The van der Waals surface area contributed by atoms with Crippen LogP contribution in [0, 0.1) is 6.92 Å². The summed E-state index contributed by atoms with van der Waals surface area (Å²) in [5.74, 6) is -0.132. The molecule has 6 nitrogen and oxygen atoms in total. The molecule has 0 saturated carbocycles. The lowest BCUT2D eigenvalue weighted by molar-refractivity contribution is 0.0838. The topological polar surface area (TPSA) is 79.6 Å². The van der Waals surface area contributed by atoms with E-state index in [0.717, 1.165) is 22.1 Å². The number of phenols is 1. The first-order valence-electron chi connectivity index (χ1n) is 10.9. The Labute approximate surface area is 192 Å². The van der Waals surface area contributed by atoms with Gasteiger partial charge in [-0.3, -0.25) is 9.36 Å². The molecule has 0 spiro atoms. The van der Waals surface area contributed by atoms with Gasteiger partial charge in [-0.05, 0) is 55.7 Å². The molecule has 5 rings (SSSR count). The van der Waals surface area contributed by atoms with E-state index in [1.807, 2.05) is 37.3 Å². The van der Waals surface area contributed by atoms with Gasteiger partial charge >= 0.3 is 0 Å². The zero-order valence-corrected chi connectivity index (χ0v) is 19.0. The number of carbonyl (C=O) groups is 1. The van der Waals surface area contributed by atoms with E-state index >= 15 is 0 Å². The second kappa shape index (κ2) is 8.17. The lowest BCUT2D eigenvalue weighted by Crippen LogP contribution is -2.42.